The molecule has 0 aliphatic rings. The monoisotopic (exact) mass is 396 g/mol. The Labute approximate surface area is 142 Å². The molecule has 3 aromatic carbocycles. The number of imidazole rings is 1. The summed E-state index contributed by atoms with van der Waals surface area (Å²) >= 11 is 2.38. The van der Waals surface area contributed by atoms with Crippen molar-refractivity contribution in [2.24, 2.45) is 0 Å². The largest absolute Gasteiger partial charge is 0.291 e. The highest BCUT2D eigenvalue weighted by molar-refractivity contribution is 14.1. The number of hydrogen-bond acceptors (Lipinski definition) is 1. The molecule has 0 amide bonds. The lowest BCUT2D eigenvalue weighted by Gasteiger charge is -2.11. The van der Waals surface area contributed by atoms with Gasteiger partial charge in [0, 0.05) is 9.13 Å². The molecule has 0 radical (unpaired) electrons. The second-order valence-electron chi connectivity index (χ2n) is 5.08. The molecule has 106 valence electrons. The number of benzene rings is 3. The first-order valence-corrected chi connectivity index (χ1v) is 8.20. The van der Waals surface area contributed by atoms with Gasteiger partial charge in [0.1, 0.15) is 5.82 Å². The van der Waals surface area contributed by atoms with Crippen LogP contribution in [0, 0.1) is 3.57 Å². The third-order valence-electron chi connectivity index (χ3n) is 3.69. The van der Waals surface area contributed by atoms with Gasteiger partial charge in [-0.1, -0.05) is 54.6 Å². The van der Waals surface area contributed by atoms with E-state index in [-0.39, 0.29) is 0 Å². The van der Waals surface area contributed by atoms with Gasteiger partial charge in [0.05, 0.1) is 16.7 Å². The fourth-order valence-electron chi connectivity index (χ4n) is 2.68. The fourth-order valence-corrected chi connectivity index (χ4v) is 3.31. The van der Waals surface area contributed by atoms with Crippen LogP contribution in [-0.4, -0.2) is 9.55 Å². The standard InChI is InChI=1S/C19H13IN2/c20-15-10-4-6-12-17(15)22-18-13-7-5-11-16(18)21-19(22)14-8-2-1-3-9-14/h1-13H. The number of hydrogen-bond donors (Lipinski definition) is 0. The Kier molecular flexibility index (Phi) is 3.42. The number of aromatic nitrogens is 2. The molecule has 3 heteroatoms. The van der Waals surface area contributed by atoms with Crippen LogP contribution in [0.2, 0.25) is 0 Å². The van der Waals surface area contributed by atoms with Crippen LogP contribution in [-0.2, 0) is 0 Å². The van der Waals surface area contributed by atoms with E-state index in [0.29, 0.717) is 0 Å². The Morgan fingerprint density at radius 1 is 0.727 bits per heavy atom. The van der Waals surface area contributed by atoms with Crippen molar-refractivity contribution in [1.82, 2.24) is 9.55 Å². The minimum Gasteiger partial charge on any atom is -0.291 e. The second-order valence-corrected chi connectivity index (χ2v) is 6.24. The van der Waals surface area contributed by atoms with E-state index in [9.17, 15) is 0 Å². The van der Waals surface area contributed by atoms with Crippen molar-refractivity contribution in [2.75, 3.05) is 0 Å². The third-order valence-corrected chi connectivity index (χ3v) is 4.60. The van der Waals surface area contributed by atoms with E-state index >= 15 is 0 Å². The maximum atomic E-state index is 4.86. The topological polar surface area (TPSA) is 17.8 Å². The summed E-state index contributed by atoms with van der Waals surface area (Å²) in [6.07, 6.45) is 0. The molecule has 1 heterocycles. The smallest absolute Gasteiger partial charge is 0.145 e. The van der Waals surface area contributed by atoms with E-state index < -0.39 is 0 Å². The average molecular weight is 396 g/mol. The zero-order valence-electron chi connectivity index (χ0n) is 11.8. The van der Waals surface area contributed by atoms with Crippen LogP contribution in [0.25, 0.3) is 28.1 Å². The summed E-state index contributed by atoms with van der Waals surface area (Å²) in [4.78, 5) is 4.86. The molecule has 0 saturated carbocycles. The first kappa shape index (κ1) is 13.5. The Morgan fingerprint density at radius 2 is 1.41 bits per heavy atom. The summed E-state index contributed by atoms with van der Waals surface area (Å²) in [5, 5.41) is 0. The number of nitrogens with zero attached hydrogens (tertiary/aromatic N) is 2. The van der Waals surface area contributed by atoms with Gasteiger partial charge >= 0.3 is 0 Å². The van der Waals surface area contributed by atoms with Gasteiger partial charge in [-0.15, -0.1) is 0 Å². The summed E-state index contributed by atoms with van der Waals surface area (Å²) in [6, 6.07) is 27.0. The van der Waals surface area contributed by atoms with Crippen LogP contribution in [0.5, 0.6) is 0 Å². The van der Waals surface area contributed by atoms with Crippen molar-refractivity contribution in [3.05, 3.63) is 82.4 Å². The van der Waals surface area contributed by atoms with Crippen molar-refractivity contribution in [1.29, 1.82) is 0 Å². The molecule has 0 unspecified atom stereocenters. The van der Waals surface area contributed by atoms with Crippen LogP contribution in [0.4, 0.5) is 0 Å². The minimum atomic E-state index is 0.978. The molecule has 0 saturated heterocycles. The van der Waals surface area contributed by atoms with Crippen molar-refractivity contribution < 1.29 is 0 Å². The fraction of sp³-hybridized carbons (Fsp3) is 0. The maximum Gasteiger partial charge on any atom is 0.145 e. The Hall–Kier alpha value is -2.14. The first-order chi connectivity index (χ1) is 10.8. The molecule has 0 bridgehead atoms. The van der Waals surface area contributed by atoms with Crippen molar-refractivity contribution in [3.63, 3.8) is 0 Å². The van der Waals surface area contributed by atoms with Gasteiger partial charge < -0.3 is 0 Å². The predicted octanol–water partition coefficient (Wildman–Crippen LogP) is 5.30. The summed E-state index contributed by atoms with van der Waals surface area (Å²) in [5.74, 6) is 0.978. The van der Waals surface area contributed by atoms with E-state index in [1.807, 2.05) is 12.1 Å². The van der Waals surface area contributed by atoms with Gasteiger partial charge in [0.25, 0.3) is 0 Å². The highest BCUT2D eigenvalue weighted by atomic mass is 127. The molecule has 0 atom stereocenters. The lowest BCUT2D eigenvalue weighted by Crippen LogP contribution is -1.99. The Bertz CT molecular complexity index is 942. The third kappa shape index (κ3) is 2.22. The molecule has 4 rings (SSSR count). The van der Waals surface area contributed by atoms with E-state index in [0.717, 1.165) is 28.1 Å². The molecule has 1 aromatic heterocycles. The van der Waals surface area contributed by atoms with E-state index in [1.54, 1.807) is 0 Å². The van der Waals surface area contributed by atoms with E-state index in [2.05, 4.69) is 93.9 Å². The predicted molar refractivity (Wildman–Crippen MR) is 99.2 cm³/mol. The van der Waals surface area contributed by atoms with Gasteiger partial charge in [-0.3, -0.25) is 4.57 Å². The Morgan fingerprint density at radius 3 is 2.23 bits per heavy atom. The number of halogens is 1. The molecule has 0 fully saturated rings. The molecule has 0 aliphatic heterocycles. The summed E-state index contributed by atoms with van der Waals surface area (Å²) in [5.41, 5.74) is 4.43. The van der Waals surface area contributed by atoms with E-state index in [1.165, 1.54) is 3.57 Å². The van der Waals surface area contributed by atoms with Gasteiger partial charge in [0.15, 0.2) is 0 Å². The minimum absolute atomic E-state index is 0.978. The van der Waals surface area contributed by atoms with Crippen molar-refractivity contribution >= 4 is 33.6 Å². The SMILES string of the molecule is Ic1ccccc1-n1c(-c2ccccc2)nc2ccccc21. The van der Waals surface area contributed by atoms with Gasteiger partial charge in [-0.25, -0.2) is 4.98 Å². The van der Waals surface area contributed by atoms with Crippen LogP contribution >= 0.6 is 22.6 Å². The first-order valence-electron chi connectivity index (χ1n) is 7.12. The van der Waals surface area contributed by atoms with Crippen molar-refractivity contribution in [2.45, 2.75) is 0 Å². The van der Waals surface area contributed by atoms with Gasteiger partial charge in [-0.05, 0) is 46.9 Å². The summed E-state index contributed by atoms with van der Waals surface area (Å²) in [6.45, 7) is 0. The van der Waals surface area contributed by atoms with E-state index in [4.69, 9.17) is 4.98 Å². The lowest BCUT2D eigenvalue weighted by atomic mass is 10.2. The van der Waals surface area contributed by atoms with Crippen LogP contribution in [0.3, 0.4) is 0 Å². The molecule has 0 N–H and O–H groups in total. The summed E-state index contributed by atoms with van der Waals surface area (Å²) < 4.78 is 3.45. The molecule has 22 heavy (non-hydrogen) atoms. The molecule has 0 spiro atoms. The zero-order chi connectivity index (χ0) is 14.9. The second kappa shape index (κ2) is 5.57. The lowest BCUT2D eigenvalue weighted by molar-refractivity contribution is 1.09. The van der Waals surface area contributed by atoms with Gasteiger partial charge in [0.2, 0.25) is 0 Å². The normalized spacial score (nSPS) is 11.0. The van der Waals surface area contributed by atoms with Crippen LogP contribution in [0.1, 0.15) is 0 Å². The number of rotatable bonds is 2. The average Bonchev–Trinajstić information content (AvgIpc) is 2.95. The zero-order valence-corrected chi connectivity index (χ0v) is 13.9. The maximum absolute atomic E-state index is 4.86. The highest BCUT2D eigenvalue weighted by Crippen LogP contribution is 2.30. The molecular formula is C19H13IN2. The van der Waals surface area contributed by atoms with Crippen molar-refractivity contribution in [3.8, 4) is 17.1 Å². The molecular weight excluding hydrogens is 383 g/mol. The van der Waals surface area contributed by atoms with Crippen LogP contribution in [0.15, 0.2) is 78.9 Å². The Balaban J connectivity index is 2.10. The molecule has 4 aromatic rings. The number of para-hydroxylation sites is 3. The number of fused-ring (bicyclic) bond motifs is 1. The molecule has 2 nitrogen and oxygen atoms in total. The van der Waals surface area contributed by atoms with Gasteiger partial charge in [-0.2, -0.15) is 0 Å². The summed E-state index contributed by atoms with van der Waals surface area (Å²) in [7, 11) is 0. The van der Waals surface area contributed by atoms with Crippen LogP contribution < -0.4 is 0 Å². The quantitative estimate of drug-likeness (QED) is 0.421. The molecule has 0 aliphatic carbocycles. The highest BCUT2D eigenvalue weighted by Gasteiger charge is 2.15.